The zero-order valence-electron chi connectivity index (χ0n) is 19.5. The van der Waals surface area contributed by atoms with E-state index < -0.39 is 17.3 Å². The normalized spacial score (nSPS) is 20.8. The number of carboxylic acids is 1. The standard InChI is InChI=1S/C23H34N4O5/c1-16(12-27(25-4)11-10-17-8-6-7-9-18(17)21(29)30)20(28)26-13-19(22(31)32-5)23(2,15-26)14-24-3/h6-9,12,19,24-25H,10-11,13-15H2,1-5H3,(H,29,30)/b16-12+. The molecule has 1 aliphatic rings. The first-order valence-corrected chi connectivity index (χ1v) is 10.6. The number of carboxylic acid groups (broad SMARTS) is 1. The molecule has 0 radical (unpaired) electrons. The number of aromatic carboxylic acids is 1. The van der Waals surface area contributed by atoms with Crippen molar-refractivity contribution in [2.24, 2.45) is 11.3 Å². The lowest BCUT2D eigenvalue weighted by molar-refractivity contribution is -0.148. The number of hydrogen-bond donors (Lipinski definition) is 3. The van der Waals surface area contributed by atoms with Gasteiger partial charge in [0.2, 0.25) is 0 Å². The molecule has 3 N–H and O–H groups in total. The number of rotatable bonds is 10. The van der Waals surface area contributed by atoms with Crippen LogP contribution in [0.4, 0.5) is 0 Å². The van der Waals surface area contributed by atoms with E-state index in [1.807, 2.05) is 20.0 Å². The molecule has 1 aromatic carbocycles. The highest BCUT2D eigenvalue weighted by Gasteiger charge is 2.48. The molecule has 1 aromatic rings. The summed E-state index contributed by atoms with van der Waals surface area (Å²) in [5.41, 5.74) is 4.12. The van der Waals surface area contributed by atoms with Gasteiger partial charge >= 0.3 is 11.9 Å². The minimum atomic E-state index is -0.961. The molecule has 1 amide bonds. The van der Waals surface area contributed by atoms with Gasteiger partial charge in [0, 0.05) is 50.4 Å². The van der Waals surface area contributed by atoms with Crippen LogP contribution in [-0.2, 0) is 20.7 Å². The Hall–Kier alpha value is -2.91. The van der Waals surface area contributed by atoms with Crippen LogP contribution in [0.5, 0.6) is 0 Å². The van der Waals surface area contributed by atoms with Crippen LogP contribution in [0.25, 0.3) is 0 Å². The van der Waals surface area contributed by atoms with Crippen LogP contribution >= 0.6 is 0 Å². The first-order valence-electron chi connectivity index (χ1n) is 10.6. The molecule has 176 valence electrons. The Balaban J connectivity index is 2.10. The minimum Gasteiger partial charge on any atom is -0.478 e. The van der Waals surface area contributed by atoms with Gasteiger partial charge in [-0.25, -0.2) is 10.2 Å². The summed E-state index contributed by atoms with van der Waals surface area (Å²) >= 11 is 0. The third-order valence-electron chi connectivity index (χ3n) is 5.99. The molecule has 1 fully saturated rings. The molecule has 9 nitrogen and oxygen atoms in total. The second kappa shape index (κ2) is 11.1. The predicted octanol–water partition coefficient (Wildman–Crippen LogP) is 1.12. The maximum Gasteiger partial charge on any atom is 0.335 e. The summed E-state index contributed by atoms with van der Waals surface area (Å²) in [7, 11) is 4.93. The highest BCUT2D eigenvalue weighted by Crippen LogP contribution is 2.36. The fourth-order valence-electron chi connectivity index (χ4n) is 4.26. The van der Waals surface area contributed by atoms with E-state index in [2.05, 4.69) is 10.7 Å². The molecule has 2 atom stereocenters. The molecule has 1 heterocycles. The lowest BCUT2D eigenvalue weighted by atomic mass is 9.80. The van der Waals surface area contributed by atoms with Crippen molar-refractivity contribution in [1.82, 2.24) is 20.7 Å². The Labute approximate surface area is 189 Å². The number of ether oxygens (including phenoxy) is 1. The molecule has 1 saturated heterocycles. The fourth-order valence-corrected chi connectivity index (χ4v) is 4.26. The van der Waals surface area contributed by atoms with Crippen molar-refractivity contribution in [3.63, 3.8) is 0 Å². The van der Waals surface area contributed by atoms with Crippen molar-refractivity contribution in [3.8, 4) is 0 Å². The van der Waals surface area contributed by atoms with Crippen LogP contribution in [0.1, 0.15) is 29.8 Å². The van der Waals surface area contributed by atoms with E-state index in [-0.39, 0.29) is 17.4 Å². The Morgan fingerprint density at radius 2 is 2.00 bits per heavy atom. The molecule has 32 heavy (non-hydrogen) atoms. The summed E-state index contributed by atoms with van der Waals surface area (Å²) in [6.07, 6.45) is 2.21. The second-order valence-electron chi connectivity index (χ2n) is 8.39. The van der Waals surface area contributed by atoms with Crippen molar-refractivity contribution in [3.05, 3.63) is 47.2 Å². The monoisotopic (exact) mass is 446 g/mol. The van der Waals surface area contributed by atoms with Crippen molar-refractivity contribution in [1.29, 1.82) is 0 Å². The van der Waals surface area contributed by atoms with E-state index in [9.17, 15) is 19.5 Å². The van der Waals surface area contributed by atoms with Gasteiger partial charge in [0.15, 0.2) is 0 Å². The summed E-state index contributed by atoms with van der Waals surface area (Å²) in [4.78, 5) is 38.5. The first-order chi connectivity index (χ1) is 15.2. The first kappa shape index (κ1) is 25.4. The Bertz CT molecular complexity index is 872. The largest absolute Gasteiger partial charge is 0.478 e. The summed E-state index contributed by atoms with van der Waals surface area (Å²) < 4.78 is 4.97. The average molecular weight is 447 g/mol. The van der Waals surface area contributed by atoms with E-state index in [1.165, 1.54) is 7.11 Å². The summed E-state index contributed by atoms with van der Waals surface area (Å²) in [6.45, 7) is 5.54. The third kappa shape index (κ3) is 5.86. The molecule has 0 aromatic heterocycles. The number of amides is 1. The number of benzene rings is 1. The van der Waals surface area contributed by atoms with Crippen molar-refractivity contribution in [2.75, 3.05) is 47.4 Å². The summed E-state index contributed by atoms with van der Waals surface area (Å²) in [5.74, 6) is -1.82. The van der Waals surface area contributed by atoms with Crippen LogP contribution in [-0.4, -0.2) is 80.2 Å². The zero-order chi connectivity index (χ0) is 23.9. The van der Waals surface area contributed by atoms with Crippen molar-refractivity contribution in [2.45, 2.75) is 20.3 Å². The predicted molar refractivity (Wildman–Crippen MR) is 121 cm³/mol. The van der Waals surface area contributed by atoms with Gasteiger partial charge in [0.1, 0.15) is 0 Å². The molecular weight excluding hydrogens is 412 g/mol. The molecule has 0 saturated carbocycles. The number of carbonyl (C=O) groups is 3. The molecule has 2 unspecified atom stereocenters. The fraction of sp³-hybridized carbons (Fsp3) is 0.522. The maximum atomic E-state index is 13.1. The molecule has 0 spiro atoms. The van der Waals surface area contributed by atoms with E-state index in [1.54, 1.807) is 48.3 Å². The Morgan fingerprint density at radius 1 is 1.31 bits per heavy atom. The van der Waals surface area contributed by atoms with E-state index >= 15 is 0 Å². The number of likely N-dealkylation sites (tertiary alicyclic amines) is 1. The minimum absolute atomic E-state index is 0.148. The SMILES string of the molecule is CNCC1(C)CN(C(=O)/C(C)=C/N(CCc2ccccc2C(=O)O)NC)CC1C(=O)OC. The van der Waals surface area contributed by atoms with E-state index in [0.717, 1.165) is 5.56 Å². The molecule has 0 bridgehead atoms. The number of nitrogens with zero attached hydrogens (tertiary/aromatic N) is 2. The molecular formula is C23H34N4O5. The summed E-state index contributed by atoms with van der Waals surface area (Å²) in [6, 6.07) is 6.88. The van der Waals surface area contributed by atoms with Gasteiger partial charge in [0.05, 0.1) is 18.6 Å². The Morgan fingerprint density at radius 3 is 2.59 bits per heavy atom. The number of hydrazine groups is 1. The molecule has 2 rings (SSSR count). The number of methoxy groups -OCH3 is 1. The van der Waals surface area contributed by atoms with Gasteiger partial charge in [-0.1, -0.05) is 25.1 Å². The highest BCUT2D eigenvalue weighted by molar-refractivity contribution is 5.93. The second-order valence-corrected chi connectivity index (χ2v) is 8.39. The van der Waals surface area contributed by atoms with Crippen LogP contribution in [0.15, 0.2) is 36.0 Å². The van der Waals surface area contributed by atoms with Crippen LogP contribution in [0, 0.1) is 11.3 Å². The third-order valence-corrected chi connectivity index (χ3v) is 5.99. The lowest BCUT2D eigenvalue weighted by Gasteiger charge is -2.28. The van der Waals surface area contributed by atoms with Gasteiger partial charge in [-0.15, -0.1) is 0 Å². The van der Waals surface area contributed by atoms with Gasteiger partial charge in [-0.3, -0.25) is 9.59 Å². The zero-order valence-corrected chi connectivity index (χ0v) is 19.5. The molecule has 9 heteroatoms. The van der Waals surface area contributed by atoms with Crippen LogP contribution in [0.2, 0.25) is 0 Å². The highest BCUT2D eigenvalue weighted by atomic mass is 16.5. The van der Waals surface area contributed by atoms with Gasteiger partial charge in [0.25, 0.3) is 5.91 Å². The number of esters is 1. The lowest BCUT2D eigenvalue weighted by Crippen LogP contribution is -2.40. The van der Waals surface area contributed by atoms with Crippen LogP contribution in [0.3, 0.4) is 0 Å². The van der Waals surface area contributed by atoms with E-state index in [0.29, 0.717) is 38.2 Å². The molecule has 1 aliphatic heterocycles. The quantitative estimate of drug-likeness (QED) is 0.279. The summed E-state index contributed by atoms with van der Waals surface area (Å²) in [5, 5.41) is 14.2. The van der Waals surface area contributed by atoms with Gasteiger partial charge < -0.3 is 25.1 Å². The smallest absolute Gasteiger partial charge is 0.335 e. The average Bonchev–Trinajstić information content (AvgIpc) is 3.12. The molecule has 0 aliphatic carbocycles. The van der Waals surface area contributed by atoms with Crippen molar-refractivity contribution >= 4 is 17.8 Å². The number of carbonyl (C=O) groups excluding carboxylic acids is 2. The van der Waals surface area contributed by atoms with Crippen molar-refractivity contribution < 1.29 is 24.2 Å². The van der Waals surface area contributed by atoms with E-state index in [4.69, 9.17) is 4.74 Å². The Kier molecular flexibility index (Phi) is 8.80. The van der Waals surface area contributed by atoms with Gasteiger partial charge in [-0.2, -0.15) is 0 Å². The number of hydrogen-bond acceptors (Lipinski definition) is 7. The van der Waals surface area contributed by atoms with Gasteiger partial charge in [-0.05, 0) is 32.0 Å². The maximum absolute atomic E-state index is 13.1. The van der Waals surface area contributed by atoms with Crippen LogP contribution < -0.4 is 10.7 Å². The topological polar surface area (TPSA) is 111 Å². The number of nitrogens with one attached hydrogen (secondary N) is 2.